The van der Waals surface area contributed by atoms with E-state index in [9.17, 15) is 13.2 Å². The number of aromatic nitrogens is 1. The molecule has 0 saturated carbocycles. The number of anilines is 2. The zero-order valence-electron chi connectivity index (χ0n) is 16.3. The molecule has 0 saturated heterocycles. The summed E-state index contributed by atoms with van der Waals surface area (Å²) >= 11 is 9.13. The third kappa shape index (κ3) is 5.27. The molecule has 11 heteroatoms. The lowest BCUT2D eigenvalue weighted by atomic mass is 10.1. The number of rotatable bonds is 7. The molecule has 1 aromatic heterocycles. The Labute approximate surface area is 192 Å². The van der Waals surface area contributed by atoms with Gasteiger partial charge >= 0.3 is 0 Å². The van der Waals surface area contributed by atoms with E-state index >= 15 is 0 Å². The lowest BCUT2D eigenvalue weighted by Gasteiger charge is -2.15. The van der Waals surface area contributed by atoms with Crippen LogP contribution in [0, 0.1) is 0 Å². The molecule has 8 nitrogen and oxygen atoms in total. The van der Waals surface area contributed by atoms with Crippen LogP contribution in [0.5, 0.6) is 11.5 Å². The van der Waals surface area contributed by atoms with E-state index in [-0.39, 0.29) is 21.3 Å². The highest BCUT2D eigenvalue weighted by molar-refractivity contribution is 9.10. The summed E-state index contributed by atoms with van der Waals surface area (Å²) in [6.07, 6.45) is 1.38. The number of halogens is 2. The van der Waals surface area contributed by atoms with Crippen molar-refractivity contribution in [1.82, 2.24) is 4.98 Å². The van der Waals surface area contributed by atoms with Gasteiger partial charge in [0.1, 0.15) is 21.5 Å². The number of ether oxygens (including phenoxy) is 2. The standard InChI is InChI=1S/C20H17BrClN3O5S/c1-29-13-7-8-16(17(10-13)30-2)24-20(26)14-5-3-4-6-15(14)25-31(27,28)18-9-12(21)11-23-19(18)22/h3-11,25H,1-2H3,(H,24,26). The van der Waals surface area contributed by atoms with Crippen LogP contribution < -0.4 is 19.5 Å². The summed E-state index contributed by atoms with van der Waals surface area (Å²) in [5.41, 5.74) is 0.566. The Morgan fingerprint density at radius 1 is 1.06 bits per heavy atom. The average molecular weight is 527 g/mol. The largest absolute Gasteiger partial charge is 0.497 e. The van der Waals surface area contributed by atoms with Gasteiger partial charge in [-0.15, -0.1) is 0 Å². The summed E-state index contributed by atoms with van der Waals surface area (Å²) in [4.78, 5) is 16.5. The van der Waals surface area contributed by atoms with Crippen molar-refractivity contribution >= 4 is 54.8 Å². The van der Waals surface area contributed by atoms with E-state index in [1.54, 1.807) is 30.3 Å². The number of carbonyl (C=O) groups excluding carboxylic acids is 1. The molecule has 0 unspecified atom stereocenters. The van der Waals surface area contributed by atoms with Gasteiger partial charge in [0.15, 0.2) is 0 Å². The van der Waals surface area contributed by atoms with Gasteiger partial charge in [-0.25, -0.2) is 13.4 Å². The molecule has 0 aliphatic carbocycles. The van der Waals surface area contributed by atoms with Crippen LogP contribution in [0.15, 0.2) is 64.1 Å². The second-order valence-corrected chi connectivity index (χ2v) is 9.04. The first-order chi connectivity index (χ1) is 14.7. The molecule has 3 rings (SSSR count). The maximum Gasteiger partial charge on any atom is 0.265 e. The molecule has 0 fully saturated rings. The summed E-state index contributed by atoms with van der Waals surface area (Å²) in [7, 11) is -1.14. The first kappa shape index (κ1) is 22.9. The van der Waals surface area contributed by atoms with E-state index in [0.717, 1.165) is 0 Å². The molecule has 0 aliphatic heterocycles. The van der Waals surface area contributed by atoms with E-state index in [4.69, 9.17) is 21.1 Å². The fourth-order valence-corrected chi connectivity index (χ4v) is 4.68. The van der Waals surface area contributed by atoms with Crippen LogP contribution >= 0.6 is 27.5 Å². The predicted molar refractivity (Wildman–Crippen MR) is 122 cm³/mol. The quantitative estimate of drug-likeness (QED) is 0.437. The van der Waals surface area contributed by atoms with Gasteiger partial charge in [0.2, 0.25) is 0 Å². The molecule has 3 aromatic rings. The van der Waals surface area contributed by atoms with Gasteiger partial charge in [-0.05, 0) is 46.3 Å². The van der Waals surface area contributed by atoms with E-state index in [2.05, 4.69) is 31.0 Å². The maximum atomic E-state index is 12.9. The summed E-state index contributed by atoms with van der Waals surface area (Å²) in [5, 5.41) is 2.52. The zero-order chi connectivity index (χ0) is 22.6. The lowest BCUT2D eigenvalue weighted by Crippen LogP contribution is -2.19. The summed E-state index contributed by atoms with van der Waals surface area (Å²) in [5.74, 6) is 0.403. The molecule has 31 heavy (non-hydrogen) atoms. The third-order valence-corrected chi connectivity index (χ3v) is 6.36. The molecule has 0 bridgehead atoms. The van der Waals surface area contributed by atoms with Crippen molar-refractivity contribution in [1.29, 1.82) is 0 Å². The van der Waals surface area contributed by atoms with Crippen LogP contribution in [0.1, 0.15) is 10.4 Å². The molecule has 0 aliphatic rings. The van der Waals surface area contributed by atoms with Crippen molar-refractivity contribution in [3.8, 4) is 11.5 Å². The Kier molecular flexibility index (Phi) is 7.04. The zero-order valence-corrected chi connectivity index (χ0v) is 19.5. The number of hydrogen-bond acceptors (Lipinski definition) is 6. The monoisotopic (exact) mass is 525 g/mol. The third-order valence-electron chi connectivity index (χ3n) is 4.14. The highest BCUT2D eigenvalue weighted by Crippen LogP contribution is 2.31. The smallest absolute Gasteiger partial charge is 0.265 e. The summed E-state index contributed by atoms with van der Waals surface area (Å²) in [6.45, 7) is 0. The first-order valence-corrected chi connectivity index (χ1v) is 11.4. The van der Waals surface area contributed by atoms with Crippen molar-refractivity contribution < 1.29 is 22.7 Å². The minimum atomic E-state index is -4.11. The Morgan fingerprint density at radius 3 is 2.52 bits per heavy atom. The van der Waals surface area contributed by atoms with Gasteiger partial charge in [-0.3, -0.25) is 9.52 Å². The molecule has 1 amide bonds. The number of hydrogen-bond donors (Lipinski definition) is 2. The average Bonchev–Trinajstić information content (AvgIpc) is 2.75. The van der Waals surface area contributed by atoms with Gasteiger partial charge in [-0.1, -0.05) is 23.7 Å². The molecule has 2 aromatic carbocycles. The van der Waals surface area contributed by atoms with Crippen molar-refractivity contribution in [3.63, 3.8) is 0 Å². The minimum absolute atomic E-state index is 0.0727. The number of sulfonamides is 1. The minimum Gasteiger partial charge on any atom is -0.497 e. The van der Waals surface area contributed by atoms with Crippen LogP contribution in [0.25, 0.3) is 0 Å². The second-order valence-electron chi connectivity index (χ2n) is 6.11. The Balaban J connectivity index is 1.92. The van der Waals surface area contributed by atoms with Gasteiger partial charge in [0, 0.05) is 16.7 Å². The number of benzene rings is 2. The van der Waals surface area contributed by atoms with Crippen LogP contribution in [0.4, 0.5) is 11.4 Å². The van der Waals surface area contributed by atoms with Gasteiger partial charge in [-0.2, -0.15) is 0 Å². The van der Waals surface area contributed by atoms with E-state index in [1.165, 1.54) is 38.6 Å². The molecule has 1 heterocycles. The molecular formula is C20H17BrClN3O5S. The number of para-hydroxylation sites is 1. The van der Waals surface area contributed by atoms with E-state index in [0.29, 0.717) is 21.7 Å². The summed E-state index contributed by atoms with van der Waals surface area (Å²) < 4.78 is 39.0. The van der Waals surface area contributed by atoms with Gasteiger partial charge in [0.25, 0.3) is 15.9 Å². The maximum absolute atomic E-state index is 12.9. The molecular weight excluding hydrogens is 510 g/mol. The summed E-state index contributed by atoms with van der Waals surface area (Å²) in [6, 6.07) is 12.4. The van der Waals surface area contributed by atoms with Gasteiger partial charge < -0.3 is 14.8 Å². The normalized spacial score (nSPS) is 11.0. The number of nitrogens with one attached hydrogen (secondary N) is 2. The highest BCUT2D eigenvalue weighted by Gasteiger charge is 2.22. The molecule has 162 valence electrons. The van der Waals surface area contributed by atoms with Crippen molar-refractivity contribution in [2.75, 3.05) is 24.3 Å². The van der Waals surface area contributed by atoms with Crippen LogP contribution in [-0.2, 0) is 10.0 Å². The number of carbonyl (C=O) groups is 1. The van der Waals surface area contributed by atoms with E-state index in [1.807, 2.05) is 0 Å². The fraction of sp³-hybridized carbons (Fsp3) is 0.100. The van der Waals surface area contributed by atoms with Crippen LogP contribution in [-0.4, -0.2) is 33.5 Å². The molecule has 2 N–H and O–H groups in total. The lowest BCUT2D eigenvalue weighted by molar-refractivity contribution is 0.102. The number of nitrogens with zero attached hydrogens (tertiary/aromatic N) is 1. The van der Waals surface area contributed by atoms with Crippen molar-refractivity contribution in [3.05, 3.63) is 69.9 Å². The van der Waals surface area contributed by atoms with Crippen molar-refractivity contribution in [2.24, 2.45) is 0 Å². The molecule has 0 atom stereocenters. The Hall–Kier alpha value is -2.82. The fourth-order valence-electron chi connectivity index (χ4n) is 2.65. The second kappa shape index (κ2) is 9.54. The molecule has 0 radical (unpaired) electrons. The first-order valence-electron chi connectivity index (χ1n) is 8.71. The number of methoxy groups -OCH3 is 2. The molecule has 0 spiro atoms. The van der Waals surface area contributed by atoms with Crippen LogP contribution in [0.2, 0.25) is 5.15 Å². The van der Waals surface area contributed by atoms with Crippen LogP contribution in [0.3, 0.4) is 0 Å². The van der Waals surface area contributed by atoms with E-state index < -0.39 is 15.9 Å². The van der Waals surface area contributed by atoms with Crippen molar-refractivity contribution in [2.45, 2.75) is 4.90 Å². The highest BCUT2D eigenvalue weighted by atomic mass is 79.9. The SMILES string of the molecule is COc1ccc(NC(=O)c2ccccc2NS(=O)(=O)c2cc(Br)cnc2Cl)c(OC)c1. The van der Waals surface area contributed by atoms with Gasteiger partial charge in [0.05, 0.1) is 31.2 Å². The number of pyridine rings is 1. The Bertz CT molecular complexity index is 1240. The Morgan fingerprint density at radius 2 is 1.81 bits per heavy atom. The predicted octanol–water partition coefficient (Wildman–Crippen LogP) is 4.57. The number of amides is 1. The topological polar surface area (TPSA) is 107 Å².